The molecular weight excluding hydrogens is 338 g/mol. The van der Waals surface area contributed by atoms with Crippen molar-refractivity contribution in [3.63, 3.8) is 0 Å². The molecule has 1 atom stereocenters. The van der Waals surface area contributed by atoms with Gasteiger partial charge in [0.1, 0.15) is 11.9 Å². The normalized spacial score (nSPS) is 17.6. The van der Waals surface area contributed by atoms with E-state index in [0.29, 0.717) is 37.6 Å². The molecule has 1 aliphatic heterocycles. The average molecular weight is 360 g/mol. The average Bonchev–Trinajstić information content (AvgIpc) is 2.60. The Bertz CT molecular complexity index is 729. The molecule has 132 valence electrons. The summed E-state index contributed by atoms with van der Waals surface area (Å²) in [7, 11) is 0. The van der Waals surface area contributed by atoms with Crippen LogP contribution >= 0.6 is 11.6 Å². The maximum absolute atomic E-state index is 12.6. The maximum atomic E-state index is 12.6. The summed E-state index contributed by atoms with van der Waals surface area (Å²) in [5.74, 6) is 0.871. The fourth-order valence-electron chi connectivity index (χ4n) is 3.03. The van der Waals surface area contributed by atoms with E-state index < -0.39 is 0 Å². The molecular formula is C19H22ClN3O2. The highest BCUT2D eigenvalue weighted by molar-refractivity contribution is 6.30. The molecule has 1 aromatic heterocycles. The summed E-state index contributed by atoms with van der Waals surface area (Å²) in [6.07, 6.45) is 1.01. The van der Waals surface area contributed by atoms with Crippen LogP contribution in [-0.2, 0) is 16.0 Å². The Morgan fingerprint density at radius 3 is 2.76 bits per heavy atom. The third kappa shape index (κ3) is 4.77. The van der Waals surface area contributed by atoms with E-state index in [1.807, 2.05) is 49.1 Å². The van der Waals surface area contributed by atoms with Crippen LogP contribution in [0, 0.1) is 13.8 Å². The van der Waals surface area contributed by atoms with Crippen molar-refractivity contribution in [3.8, 4) is 0 Å². The Balaban J connectivity index is 1.60. The van der Waals surface area contributed by atoms with E-state index in [9.17, 15) is 4.79 Å². The van der Waals surface area contributed by atoms with Gasteiger partial charge in [-0.15, -0.1) is 0 Å². The van der Waals surface area contributed by atoms with E-state index in [0.717, 1.165) is 22.8 Å². The number of aromatic nitrogens is 2. The van der Waals surface area contributed by atoms with Gasteiger partial charge in [-0.3, -0.25) is 4.79 Å². The quantitative estimate of drug-likeness (QED) is 0.840. The SMILES string of the molecule is Cc1cc([C@H]2CN(C(=O)CCc3ccc(Cl)cc3)CCO2)nc(C)n1. The fourth-order valence-corrected chi connectivity index (χ4v) is 3.15. The molecule has 1 fully saturated rings. The third-order valence-electron chi connectivity index (χ3n) is 4.28. The van der Waals surface area contributed by atoms with Crippen LogP contribution in [-0.4, -0.2) is 40.5 Å². The Hall–Kier alpha value is -1.98. The van der Waals surface area contributed by atoms with Crippen molar-refractivity contribution in [2.24, 2.45) is 0 Å². The molecule has 0 spiro atoms. The first-order valence-corrected chi connectivity index (χ1v) is 8.85. The van der Waals surface area contributed by atoms with Crippen LogP contribution in [0.3, 0.4) is 0 Å². The number of halogens is 1. The third-order valence-corrected chi connectivity index (χ3v) is 4.53. The van der Waals surface area contributed by atoms with Crippen LogP contribution in [0.25, 0.3) is 0 Å². The van der Waals surface area contributed by atoms with Gasteiger partial charge < -0.3 is 9.64 Å². The summed E-state index contributed by atoms with van der Waals surface area (Å²) >= 11 is 5.89. The second-order valence-corrected chi connectivity index (χ2v) is 6.74. The second-order valence-electron chi connectivity index (χ2n) is 6.31. The number of ether oxygens (including phenoxy) is 1. The topological polar surface area (TPSA) is 55.3 Å². The summed E-state index contributed by atoms with van der Waals surface area (Å²) in [4.78, 5) is 23.2. The van der Waals surface area contributed by atoms with Gasteiger partial charge in [0.2, 0.25) is 5.91 Å². The summed E-state index contributed by atoms with van der Waals surface area (Å²) in [5, 5.41) is 0.710. The minimum absolute atomic E-state index is 0.144. The molecule has 1 aromatic carbocycles. The molecule has 0 aliphatic carbocycles. The number of hydrogen-bond acceptors (Lipinski definition) is 4. The van der Waals surface area contributed by atoms with Gasteiger partial charge in [0, 0.05) is 23.7 Å². The minimum atomic E-state index is -0.186. The van der Waals surface area contributed by atoms with Crippen LogP contribution in [0.1, 0.15) is 35.3 Å². The van der Waals surface area contributed by atoms with Gasteiger partial charge in [-0.2, -0.15) is 0 Å². The Morgan fingerprint density at radius 2 is 2.04 bits per heavy atom. The lowest BCUT2D eigenvalue weighted by Crippen LogP contribution is -2.42. The standard InChI is InChI=1S/C19H22ClN3O2/c1-13-11-17(22-14(2)21-13)18-12-23(9-10-25-18)19(24)8-5-15-3-6-16(20)7-4-15/h3-4,6-7,11,18H,5,8-10,12H2,1-2H3/t18-/m1/s1. The second kappa shape index (κ2) is 7.93. The predicted molar refractivity (Wildman–Crippen MR) is 96.6 cm³/mol. The number of nitrogens with zero attached hydrogens (tertiary/aromatic N) is 3. The highest BCUT2D eigenvalue weighted by atomic mass is 35.5. The Morgan fingerprint density at radius 1 is 1.28 bits per heavy atom. The van der Waals surface area contributed by atoms with Crippen LogP contribution < -0.4 is 0 Å². The summed E-state index contributed by atoms with van der Waals surface area (Å²) < 4.78 is 5.83. The maximum Gasteiger partial charge on any atom is 0.223 e. The summed E-state index contributed by atoms with van der Waals surface area (Å²) in [6.45, 7) is 5.50. The Labute approximate surface area is 153 Å². The minimum Gasteiger partial charge on any atom is -0.368 e. The van der Waals surface area contributed by atoms with Gasteiger partial charge in [0.15, 0.2) is 0 Å². The monoisotopic (exact) mass is 359 g/mol. The van der Waals surface area contributed by atoms with Crippen molar-refractivity contribution in [1.82, 2.24) is 14.9 Å². The zero-order chi connectivity index (χ0) is 17.8. The predicted octanol–water partition coefficient (Wildman–Crippen LogP) is 3.28. The van der Waals surface area contributed by atoms with E-state index >= 15 is 0 Å². The van der Waals surface area contributed by atoms with E-state index in [2.05, 4.69) is 9.97 Å². The number of morpholine rings is 1. The van der Waals surface area contributed by atoms with Crippen LogP contribution in [0.4, 0.5) is 0 Å². The highest BCUT2D eigenvalue weighted by Crippen LogP contribution is 2.22. The molecule has 2 aromatic rings. The first-order valence-electron chi connectivity index (χ1n) is 8.47. The molecule has 0 radical (unpaired) electrons. The number of carbonyl (C=O) groups excluding carboxylic acids is 1. The number of amides is 1. The number of hydrogen-bond donors (Lipinski definition) is 0. The number of aryl methyl sites for hydroxylation is 3. The number of benzene rings is 1. The molecule has 0 N–H and O–H groups in total. The molecule has 5 nitrogen and oxygen atoms in total. The van der Waals surface area contributed by atoms with Gasteiger partial charge >= 0.3 is 0 Å². The molecule has 2 heterocycles. The van der Waals surface area contributed by atoms with E-state index in [1.54, 1.807) is 0 Å². The highest BCUT2D eigenvalue weighted by Gasteiger charge is 2.26. The molecule has 0 unspecified atom stereocenters. The van der Waals surface area contributed by atoms with Crippen molar-refractivity contribution >= 4 is 17.5 Å². The van der Waals surface area contributed by atoms with Crippen molar-refractivity contribution in [1.29, 1.82) is 0 Å². The first-order chi connectivity index (χ1) is 12.0. The summed E-state index contributed by atoms with van der Waals surface area (Å²) in [5.41, 5.74) is 2.88. The molecule has 0 saturated carbocycles. The lowest BCUT2D eigenvalue weighted by atomic mass is 10.1. The fraction of sp³-hybridized carbons (Fsp3) is 0.421. The molecule has 25 heavy (non-hydrogen) atoms. The molecule has 3 rings (SSSR count). The van der Waals surface area contributed by atoms with Gasteiger partial charge in [-0.25, -0.2) is 9.97 Å². The number of carbonyl (C=O) groups is 1. The Kier molecular flexibility index (Phi) is 5.66. The van der Waals surface area contributed by atoms with E-state index in [1.165, 1.54) is 0 Å². The van der Waals surface area contributed by atoms with Crippen molar-refractivity contribution in [2.75, 3.05) is 19.7 Å². The smallest absolute Gasteiger partial charge is 0.223 e. The van der Waals surface area contributed by atoms with Crippen molar-refractivity contribution in [2.45, 2.75) is 32.8 Å². The van der Waals surface area contributed by atoms with Crippen LogP contribution in [0.15, 0.2) is 30.3 Å². The van der Waals surface area contributed by atoms with Crippen molar-refractivity contribution < 1.29 is 9.53 Å². The zero-order valence-electron chi connectivity index (χ0n) is 14.5. The van der Waals surface area contributed by atoms with E-state index in [4.69, 9.17) is 16.3 Å². The van der Waals surface area contributed by atoms with Gasteiger partial charge in [0.25, 0.3) is 0 Å². The summed E-state index contributed by atoms with van der Waals surface area (Å²) in [6, 6.07) is 9.56. The lowest BCUT2D eigenvalue weighted by molar-refractivity contribution is -0.139. The van der Waals surface area contributed by atoms with Gasteiger partial charge in [-0.05, 0) is 44.0 Å². The molecule has 1 aliphatic rings. The van der Waals surface area contributed by atoms with Crippen LogP contribution in [0.2, 0.25) is 5.02 Å². The molecule has 1 saturated heterocycles. The molecule has 1 amide bonds. The van der Waals surface area contributed by atoms with Crippen LogP contribution in [0.5, 0.6) is 0 Å². The largest absolute Gasteiger partial charge is 0.368 e. The van der Waals surface area contributed by atoms with Crippen molar-refractivity contribution in [3.05, 3.63) is 58.1 Å². The first kappa shape index (κ1) is 17.8. The van der Waals surface area contributed by atoms with Gasteiger partial charge in [0.05, 0.1) is 18.8 Å². The van der Waals surface area contributed by atoms with Gasteiger partial charge in [-0.1, -0.05) is 23.7 Å². The molecule has 0 bridgehead atoms. The lowest BCUT2D eigenvalue weighted by Gasteiger charge is -2.33. The zero-order valence-corrected chi connectivity index (χ0v) is 15.3. The van der Waals surface area contributed by atoms with E-state index in [-0.39, 0.29) is 12.0 Å². The molecule has 6 heteroatoms. The number of rotatable bonds is 4.